The lowest BCUT2D eigenvalue weighted by Crippen LogP contribution is -2.48. The van der Waals surface area contributed by atoms with Crippen LogP contribution in [-0.2, 0) is 19.4 Å². The van der Waals surface area contributed by atoms with Crippen molar-refractivity contribution in [1.82, 2.24) is 19.9 Å². The highest BCUT2D eigenvalue weighted by atomic mass is 32.1. The first-order valence-electron chi connectivity index (χ1n) is 9.01. The molecule has 6 nitrogen and oxygen atoms in total. The van der Waals surface area contributed by atoms with E-state index in [1.807, 2.05) is 4.90 Å². The van der Waals surface area contributed by atoms with Gasteiger partial charge in [-0.15, -0.1) is 11.3 Å². The predicted molar refractivity (Wildman–Crippen MR) is 95.7 cm³/mol. The molecule has 1 fully saturated rings. The molecule has 1 unspecified atom stereocenters. The van der Waals surface area contributed by atoms with Crippen molar-refractivity contribution < 1.29 is 9.32 Å². The van der Waals surface area contributed by atoms with Crippen LogP contribution in [0.4, 0.5) is 0 Å². The van der Waals surface area contributed by atoms with E-state index in [0.29, 0.717) is 12.4 Å². The maximum Gasteiger partial charge on any atom is 0.264 e. The van der Waals surface area contributed by atoms with Gasteiger partial charge in [0.2, 0.25) is 5.89 Å². The minimum absolute atomic E-state index is 0.196. The molecule has 1 amide bonds. The summed E-state index contributed by atoms with van der Waals surface area (Å²) in [5.74, 6) is 2.25. The van der Waals surface area contributed by atoms with Crippen molar-refractivity contribution in [1.29, 1.82) is 0 Å². The van der Waals surface area contributed by atoms with Gasteiger partial charge >= 0.3 is 0 Å². The SMILES string of the molecule is Cc1nc(CN2CCN(C(=O)c3cc4c(s3)CCC(C)C4)CC2)no1. The van der Waals surface area contributed by atoms with E-state index in [4.69, 9.17) is 4.52 Å². The Balaban J connectivity index is 1.35. The van der Waals surface area contributed by atoms with Gasteiger partial charge in [0.25, 0.3) is 5.91 Å². The first-order chi connectivity index (χ1) is 12.1. The number of carbonyl (C=O) groups excluding carboxylic acids is 1. The van der Waals surface area contributed by atoms with Crippen LogP contribution in [0.1, 0.15) is 45.2 Å². The number of piperazine rings is 1. The number of nitrogens with zero attached hydrogens (tertiary/aromatic N) is 4. The van der Waals surface area contributed by atoms with Crippen molar-refractivity contribution in [3.8, 4) is 0 Å². The Bertz CT molecular complexity index is 761. The minimum atomic E-state index is 0.196. The van der Waals surface area contributed by atoms with E-state index >= 15 is 0 Å². The van der Waals surface area contributed by atoms with Gasteiger partial charge in [0, 0.05) is 38.0 Å². The van der Waals surface area contributed by atoms with Crippen LogP contribution in [0.3, 0.4) is 0 Å². The third kappa shape index (κ3) is 3.62. The number of aromatic nitrogens is 2. The second kappa shape index (κ2) is 6.88. The van der Waals surface area contributed by atoms with Crippen LogP contribution in [-0.4, -0.2) is 52.0 Å². The van der Waals surface area contributed by atoms with Crippen LogP contribution in [0.25, 0.3) is 0 Å². The summed E-state index contributed by atoms with van der Waals surface area (Å²) in [5.41, 5.74) is 1.40. The normalized spacial score (nSPS) is 21.4. The van der Waals surface area contributed by atoms with Crippen LogP contribution in [0.2, 0.25) is 0 Å². The van der Waals surface area contributed by atoms with Crippen LogP contribution >= 0.6 is 11.3 Å². The molecule has 134 valence electrons. The van der Waals surface area contributed by atoms with Crippen molar-refractivity contribution in [2.24, 2.45) is 5.92 Å². The lowest BCUT2D eigenvalue weighted by Gasteiger charge is -2.33. The molecule has 2 aromatic heterocycles. The predicted octanol–water partition coefficient (Wildman–Crippen LogP) is 2.52. The van der Waals surface area contributed by atoms with E-state index in [1.165, 1.54) is 16.9 Å². The van der Waals surface area contributed by atoms with Gasteiger partial charge in [-0.25, -0.2) is 0 Å². The van der Waals surface area contributed by atoms with Gasteiger partial charge in [-0.3, -0.25) is 9.69 Å². The number of hydrogen-bond acceptors (Lipinski definition) is 6. The second-order valence-electron chi connectivity index (χ2n) is 7.21. The molecule has 1 saturated heterocycles. The van der Waals surface area contributed by atoms with Crippen LogP contribution in [0.5, 0.6) is 0 Å². The van der Waals surface area contributed by atoms with Crippen LogP contribution in [0, 0.1) is 12.8 Å². The first-order valence-corrected chi connectivity index (χ1v) is 9.82. The molecule has 0 N–H and O–H groups in total. The van der Waals surface area contributed by atoms with E-state index < -0.39 is 0 Å². The Morgan fingerprint density at radius 1 is 1.36 bits per heavy atom. The topological polar surface area (TPSA) is 62.5 Å². The van der Waals surface area contributed by atoms with Gasteiger partial charge in [0.15, 0.2) is 5.82 Å². The molecule has 0 saturated carbocycles. The van der Waals surface area contributed by atoms with Gasteiger partial charge < -0.3 is 9.42 Å². The summed E-state index contributed by atoms with van der Waals surface area (Å²) in [5, 5.41) is 3.95. The van der Waals surface area contributed by atoms with Crippen molar-refractivity contribution in [3.05, 3.63) is 33.1 Å². The maximum absolute atomic E-state index is 12.8. The zero-order chi connectivity index (χ0) is 17.4. The monoisotopic (exact) mass is 360 g/mol. The molecule has 0 radical (unpaired) electrons. The van der Waals surface area contributed by atoms with Crippen molar-refractivity contribution in [2.45, 2.75) is 39.7 Å². The summed E-state index contributed by atoms with van der Waals surface area (Å²) in [6, 6.07) is 2.15. The van der Waals surface area contributed by atoms with E-state index in [2.05, 4.69) is 28.0 Å². The fraction of sp³-hybridized carbons (Fsp3) is 0.611. The fourth-order valence-corrected chi connectivity index (χ4v) is 4.86. The largest absolute Gasteiger partial charge is 0.340 e. The van der Waals surface area contributed by atoms with E-state index in [9.17, 15) is 4.79 Å². The van der Waals surface area contributed by atoms with Gasteiger partial charge in [0.1, 0.15) is 0 Å². The Hall–Kier alpha value is -1.73. The Kier molecular flexibility index (Phi) is 4.60. The van der Waals surface area contributed by atoms with E-state index in [-0.39, 0.29) is 5.91 Å². The number of amides is 1. The molecular weight excluding hydrogens is 336 g/mol. The fourth-order valence-electron chi connectivity index (χ4n) is 3.68. The smallest absolute Gasteiger partial charge is 0.264 e. The van der Waals surface area contributed by atoms with Crippen LogP contribution in [0.15, 0.2) is 10.6 Å². The molecule has 1 aliphatic heterocycles. The summed E-state index contributed by atoms with van der Waals surface area (Å²) in [7, 11) is 0. The lowest BCUT2D eigenvalue weighted by molar-refractivity contribution is 0.0629. The molecule has 0 aromatic carbocycles. The molecule has 25 heavy (non-hydrogen) atoms. The molecule has 1 aliphatic carbocycles. The summed E-state index contributed by atoms with van der Waals surface area (Å²) in [4.78, 5) is 23.7. The Labute approximate surface area is 151 Å². The van der Waals surface area contributed by atoms with E-state index in [0.717, 1.165) is 55.6 Å². The quantitative estimate of drug-likeness (QED) is 0.842. The summed E-state index contributed by atoms with van der Waals surface area (Å²) in [6.45, 7) is 8.00. The molecule has 4 rings (SSSR count). The van der Waals surface area contributed by atoms with Gasteiger partial charge in [-0.05, 0) is 36.8 Å². The van der Waals surface area contributed by atoms with Crippen molar-refractivity contribution >= 4 is 17.2 Å². The number of carbonyl (C=O) groups is 1. The molecular formula is C18H24N4O2S. The Morgan fingerprint density at radius 2 is 2.16 bits per heavy atom. The average molecular weight is 360 g/mol. The number of rotatable bonds is 3. The van der Waals surface area contributed by atoms with E-state index in [1.54, 1.807) is 18.3 Å². The number of fused-ring (bicyclic) bond motifs is 1. The zero-order valence-electron chi connectivity index (χ0n) is 14.8. The average Bonchev–Trinajstić information content (AvgIpc) is 3.20. The standard InChI is InChI=1S/C18H24N4O2S/c1-12-3-4-15-14(9-12)10-16(25-15)18(23)22-7-5-21(6-8-22)11-17-19-13(2)24-20-17/h10,12H,3-9,11H2,1-2H3. The molecule has 3 heterocycles. The van der Waals surface area contributed by atoms with Crippen molar-refractivity contribution in [2.75, 3.05) is 26.2 Å². The minimum Gasteiger partial charge on any atom is -0.340 e. The number of thiophene rings is 1. The highest BCUT2D eigenvalue weighted by molar-refractivity contribution is 7.14. The maximum atomic E-state index is 12.8. The zero-order valence-corrected chi connectivity index (χ0v) is 15.6. The highest BCUT2D eigenvalue weighted by Crippen LogP contribution is 2.32. The first kappa shape index (κ1) is 16.7. The number of hydrogen-bond donors (Lipinski definition) is 0. The van der Waals surface area contributed by atoms with Crippen LogP contribution < -0.4 is 0 Å². The van der Waals surface area contributed by atoms with Crippen molar-refractivity contribution in [3.63, 3.8) is 0 Å². The third-order valence-electron chi connectivity index (χ3n) is 5.13. The van der Waals surface area contributed by atoms with Gasteiger partial charge in [0.05, 0.1) is 11.4 Å². The van der Waals surface area contributed by atoms with Gasteiger partial charge in [-0.2, -0.15) is 4.98 Å². The molecule has 2 aliphatic rings. The lowest BCUT2D eigenvalue weighted by atomic mass is 9.90. The number of aryl methyl sites for hydroxylation is 2. The highest BCUT2D eigenvalue weighted by Gasteiger charge is 2.26. The molecule has 1 atom stereocenters. The molecule has 0 spiro atoms. The molecule has 7 heteroatoms. The molecule has 2 aromatic rings. The summed E-state index contributed by atoms with van der Waals surface area (Å²) in [6.07, 6.45) is 3.50. The second-order valence-corrected chi connectivity index (χ2v) is 8.34. The third-order valence-corrected chi connectivity index (χ3v) is 6.36. The summed E-state index contributed by atoms with van der Waals surface area (Å²) >= 11 is 1.71. The van der Waals surface area contributed by atoms with Gasteiger partial charge in [-0.1, -0.05) is 12.1 Å². The molecule has 0 bridgehead atoms. The Morgan fingerprint density at radius 3 is 2.88 bits per heavy atom. The summed E-state index contributed by atoms with van der Waals surface area (Å²) < 4.78 is 5.02.